The Kier molecular flexibility index (Phi) is 4.73. The Morgan fingerprint density at radius 3 is 2.85 bits per heavy atom. The molecule has 0 amide bonds. The third kappa shape index (κ3) is 3.41. The van der Waals surface area contributed by atoms with E-state index in [0.717, 1.165) is 16.3 Å². The van der Waals surface area contributed by atoms with Crippen LogP contribution in [0, 0.1) is 0 Å². The molecule has 2 aliphatic rings. The SMILES string of the molecule is COC1C2OP(=O)(O)OCC2OC1n1cnc2c(N)nc(-c3ccc4ccccc4c3)nc21. The van der Waals surface area contributed by atoms with Crippen molar-refractivity contribution in [1.29, 1.82) is 0 Å². The second-order valence-electron chi connectivity index (χ2n) is 7.92. The summed E-state index contributed by atoms with van der Waals surface area (Å²) in [4.78, 5) is 23.3. The lowest BCUT2D eigenvalue weighted by molar-refractivity contribution is -0.0667. The number of imidazole rings is 1. The molecule has 12 heteroatoms. The molecule has 2 aliphatic heterocycles. The van der Waals surface area contributed by atoms with Gasteiger partial charge in [0.1, 0.15) is 23.8 Å². The molecule has 170 valence electrons. The van der Waals surface area contributed by atoms with Gasteiger partial charge in [0.05, 0.1) is 12.9 Å². The summed E-state index contributed by atoms with van der Waals surface area (Å²) in [5.74, 6) is 0.669. The molecule has 2 aromatic heterocycles. The maximum absolute atomic E-state index is 11.9. The van der Waals surface area contributed by atoms with Crippen molar-refractivity contribution in [1.82, 2.24) is 19.5 Å². The first-order chi connectivity index (χ1) is 15.9. The number of nitrogens with two attached hydrogens (primary N) is 1. The Hall–Kier alpha value is -2.92. The van der Waals surface area contributed by atoms with Crippen LogP contribution in [0.5, 0.6) is 0 Å². The van der Waals surface area contributed by atoms with Crippen molar-refractivity contribution in [3.8, 4) is 11.4 Å². The monoisotopic (exact) mass is 469 g/mol. The van der Waals surface area contributed by atoms with E-state index in [4.69, 9.17) is 29.2 Å². The number of methoxy groups -OCH3 is 1. The number of aromatic nitrogens is 4. The van der Waals surface area contributed by atoms with Crippen molar-refractivity contribution in [2.24, 2.45) is 0 Å². The van der Waals surface area contributed by atoms with Gasteiger partial charge in [-0.2, -0.15) is 0 Å². The molecule has 0 radical (unpaired) electrons. The van der Waals surface area contributed by atoms with Gasteiger partial charge >= 0.3 is 7.82 Å². The van der Waals surface area contributed by atoms with Gasteiger partial charge in [0, 0.05) is 12.7 Å². The third-order valence-corrected chi connectivity index (χ3v) is 6.93. The minimum atomic E-state index is -4.17. The number of rotatable bonds is 3. The Balaban J connectivity index is 1.43. The molecule has 0 saturated carbocycles. The molecule has 2 fully saturated rings. The predicted octanol–water partition coefficient (Wildman–Crippen LogP) is 2.66. The lowest BCUT2D eigenvalue weighted by Gasteiger charge is -2.29. The number of fused-ring (bicyclic) bond motifs is 3. The lowest BCUT2D eigenvalue weighted by Crippen LogP contribution is -2.40. The number of ether oxygens (including phenoxy) is 2. The molecule has 6 rings (SSSR count). The van der Waals surface area contributed by atoms with Gasteiger partial charge < -0.3 is 20.1 Å². The molecule has 0 aliphatic carbocycles. The summed E-state index contributed by atoms with van der Waals surface area (Å²) in [5, 5.41) is 2.16. The van der Waals surface area contributed by atoms with Crippen molar-refractivity contribution < 1.29 is 28.0 Å². The predicted molar refractivity (Wildman–Crippen MR) is 118 cm³/mol. The molecule has 0 spiro atoms. The average Bonchev–Trinajstić information content (AvgIpc) is 3.39. The Morgan fingerprint density at radius 2 is 2.03 bits per heavy atom. The minimum Gasteiger partial charge on any atom is -0.382 e. The van der Waals surface area contributed by atoms with Crippen LogP contribution in [0.2, 0.25) is 0 Å². The van der Waals surface area contributed by atoms with E-state index in [1.54, 1.807) is 4.57 Å². The first kappa shape index (κ1) is 20.7. The summed E-state index contributed by atoms with van der Waals surface area (Å²) in [7, 11) is -2.69. The Bertz CT molecular complexity index is 1430. The zero-order chi connectivity index (χ0) is 22.7. The van der Waals surface area contributed by atoms with E-state index >= 15 is 0 Å². The van der Waals surface area contributed by atoms with Gasteiger partial charge in [0.15, 0.2) is 23.5 Å². The fraction of sp³-hybridized carbons (Fsp3) is 0.286. The van der Waals surface area contributed by atoms with Crippen LogP contribution in [0.4, 0.5) is 5.82 Å². The van der Waals surface area contributed by atoms with E-state index in [2.05, 4.69) is 9.97 Å². The van der Waals surface area contributed by atoms with E-state index in [1.165, 1.54) is 13.4 Å². The van der Waals surface area contributed by atoms with Crippen molar-refractivity contribution in [2.75, 3.05) is 19.5 Å². The van der Waals surface area contributed by atoms with Crippen LogP contribution >= 0.6 is 7.82 Å². The first-order valence-electron chi connectivity index (χ1n) is 10.3. The minimum absolute atomic E-state index is 0.0963. The Labute approximate surface area is 187 Å². The standard InChI is InChI=1S/C21H20N5O6P/c1-29-17-16-14(9-30-33(27,28)32-16)31-21(17)26-10-23-15-18(22)24-19(25-20(15)26)13-7-6-11-4-2-3-5-12(11)8-13/h2-8,10,14,16-17,21H,9H2,1H3,(H,27,28)(H2,22,24,25). The number of phosphoric ester groups is 1. The molecule has 2 aromatic carbocycles. The van der Waals surface area contributed by atoms with E-state index in [0.29, 0.717) is 17.0 Å². The molecule has 11 nitrogen and oxygen atoms in total. The van der Waals surface area contributed by atoms with Crippen molar-refractivity contribution in [2.45, 2.75) is 24.5 Å². The summed E-state index contributed by atoms with van der Waals surface area (Å²) >= 11 is 0. The van der Waals surface area contributed by atoms with Gasteiger partial charge in [-0.25, -0.2) is 19.5 Å². The highest BCUT2D eigenvalue weighted by Crippen LogP contribution is 2.53. The summed E-state index contributed by atoms with van der Waals surface area (Å²) in [6, 6.07) is 13.9. The van der Waals surface area contributed by atoms with Gasteiger partial charge in [-0.3, -0.25) is 13.6 Å². The fourth-order valence-electron chi connectivity index (χ4n) is 4.38. The van der Waals surface area contributed by atoms with E-state index in [-0.39, 0.29) is 12.4 Å². The van der Waals surface area contributed by atoms with Gasteiger partial charge in [-0.05, 0) is 16.8 Å². The highest BCUT2D eigenvalue weighted by atomic mass is 31.2. The quantitative estimate of drug-likeness (QED) is 0.430. The highest BCUT2D eigenvalue weighted by molar-refractivity contribution is 7.47. The van der Waals surface area contributed by atoms with E-state index in [1.807, 2.05) is 42.5 Å². The van der Waals surface area contributed by atoms with Crippen LogP contribution in [-0.2, 0) is 23.1 Å². The molecule has 33 heavy (non-hydrogen) atoms. The van der Waals surface area contributed by atoms with Gasteiger partial charge in [0.2, 0.25) is 0 Å². The van der Waals surface area contributed by atoms with Crippen molar-refractivity contribution >= 4 is 35.6 Å². The first-order valence-corrected chi connectivity index (χ1v) is 11.8. The van der Waals surface area contributed by atoms with Crippen LogP contribution in [-0.4, -0.2) is 56.4 Å². The van der Waals surface area contributed by atoms with Crippen LogP contribution < -0.4 is 5.73 Å². The number of anilines is 1. The number of hydrogen-bond donors (Lipinski definition) is 2. The van der Waals surface area contributed by atoms with Gasteiger partial charge in [0.25, 0.3) is 0 Å². The molecule has 4 heterocycles. The fourth-order valence-corrected chi connectivity index (χ4v) is 5.34. The number of phosphoric acid groups is 1. The molecule has 4 aromatic rings. The van der Waals surface area contributed by atoms with Crippen LogP contribution in [0.15, 0.2) is 48.8 Å². The second kappa shape index (κ2) is 7.56. The number of nitrogen functional groups attached to an aromatic ring is 1. The molecular weight excluding hydrogens is 449 g/mol. The highest BCUT2D eigenvalue weighted by Gasteiger charge is 2.53. The summed E-state index contributed by atoms with van der Waals surface area (Å²) < 4.78 is 35.4. The second-order valence-corrected chi connectivity index (χ2v) is 9.32. The zero-order valence-electron chi connectivity index (χ0n) is 17.4. The van der Waals surface area contributed by atoms with Crippen molar-refractivity contribution in [3.63, 3.8) is 0 Å². The van der Waals surface area contributed by atoms with Crippen LogP contribution in [0.25, 0.3) is 33.3 Å². The van der Waals surface area contributed by atoms with E-state index in [9.17, 15) is 9.46 Å². The van der Waals surface area contributed by atoms with Crippen LogP contribution in [0.3, 0.4) is 0 Å². The van der Waals surface area contributed by atoms with Gasteiger partial charge in [-0.1, -0.05) is 36.4 Å². The summed E-state index contributed by atoms with van der Waals surface area (Å²) in [5.41, 5.74) is 7.89. The van der Waals surface area contributed by atoms with Crippen LogP contribution in [0.1, 0.15) is 6.23 Å². The number of hydrogen-bond acceptors (Lipinski definition) is 9. The molecule has 5 unspecified atom stereocenters. The smallest absolute Gasteiger partial charge is 0.382 e. The topological polar surface area (TPSA) is 144 Å². The Morgan fingerprint density at radius 1 is 1.21 bits per heavy atom. The largest absolute Gasteiger partial charge is 0.472 e. The number of nitrogens with zero attached hydrogens (tertiary/aromatic N) is 4. The molecule has 2 saturated heterocycles. The van der Waals surface area contributed by atoms with Crippen molar-refractivity contribution in [3.05, 3.63) is 48.8 Å². The number of benzene rings is 2. The molecule has 0 bridgehead atoms. The van der Waals surface area contributed by atoms with E-state index < -0.39 is 32.4 Å². The maximum atomic E-state index is 11.9. The normalized spacial score (nSPS) is 29.5. The molecule has 3 N–H and O–H groups in total. The summed E-state index contributed by atoms with van der Waals surface area (Å²) in [6.45, 7) is -0.0963. The summed E-state index contributed by atoms with van der Waals surface area (Å²) in [6.07, 6.45) is -1.27. The average molecular weight is 469 g/mol. The zero-order valence-corrected chi connectivity index (χ0v) is 18.3. The molecule has 5 atom stereocenters. The van der Waals surface area contributed by atoms with Gasteiger partial charge in [-0.15, -0.1) is 0 Å². The third-order valence-electron chi connectivity index (χ3n) is 5.94. The maximum Gasteiger partial charge on any atom is 0.472 e. The molecular formula is C21H20N5O6P. The lowest BCUT2D eigenvalue weighted by atomic mass is 10.1.